The minimum absolute atomic E-state index is 0.0270. The van der Waals surface area contributed by atoms with Crippen LogP contribution in [-0.4, -0.2) is 31.6 Å². The molecule has 2 atom stereocenters. The third-order valence-electron chi connectivity index (χ3n) is 4.84. The summed E-state index contributed by atoms with van der Waals surface area (Å²) in [6.45, 7) is 11.4. The Labute approximate surface area is 175 Å². The Balaban J connectivity index is 2.01. The molecule has 0 fully saturated rings. The summed E-state index contributed by atoms with van der Waals surface area (Å²) in [6, 6.07) is 8.09. The van der Waals surface area contributed by atoms with Crippen molar-refractivity contribution >= 4 is 17.7 Å². The van der Waals surface area contributed by atoms with Crippen LogP contribution in [0.25, 0.3) is 0 Å². The fourth-order valence-electron chi connectivity index (χ4n) is 2.46. The van der Waals surface area contributed by atoms with Crippen LogP contribution >= 0.6 is 11.8 Å². The van der Waals surface area contributed by atoms with Gasteiger partial charge in [0.1, 0.15) is 17.9 Å². The van der Waals surface area contributed by atoms with Crippen LogP contribution in [0.5, 0.6) is 5.75 Å². The number of nitrogen functional groups attached to an aromatic ring is 1. The minimum Gasteiger partial charge on any atom is -0.485 e. The van der Waals surface area contributed by atoms with Gasteiger partial charge in [0.2, 0.25) is 11.1 Å². The number of rotatable bonds is 8. The maximum absolute atomic E-state index is 12.5. The van der Waals surface area contributed by atoms with Gasteiger partial charge in [-0.2, -0.15) is 5.26 Å². The van der Waals surface area contributed by atoms with Crippen molar-refractivity contribution in [2.75, 3.05) is 5.84 Å². The number of aryl methyl sites for hydroxylation is 2. The van der Waals surface area contributed by atoms with Crippen molar-refractivity contribution in [3.8, 4) is 11.8 Å². The second kappa shape index (κ2) is 9.18. The highest BCUT2D eigenvalue weighted by atomic mass is 32.2. The molecule has 0 aliphatic rings. The van der Waals surface area contributed by atoms with E-state index in [1.807, 2.05) is 45.9 Å². The molecule has 156 valence electrons. The molecular weight excluding hydrogens is 388 g/mol. The largest absolute Gasteiger partial charge is 0.485 e. The van der Waals surface area contributed by atoms with Gasteiger partial charge in [-0.05, 0) is 45.2 Å². The number of carbonyl (C=O) groups excluding carboxylic acids is 1. The number of amides is 1. The summed E-state index contributed by atoms with van der Waals surface area (Å²) in [5.41, 5.74) is 1.25. The fraction of sp³-hybridized carbons (Fsp3) is 0.500. The van der Waals surface area contributed by atoms with Crippen LogP contribution in [0.15, 0.2) is 23.4 Å². The first-order chi connectivity index (χ1) is 13.6. The molecule has 1 aromatic carbocycles. The molecule has 2 rings (SSSR count). The van der Waals surface area contributed by atoms with E-state index in [0.717, 1.165) is 16.9 Å². The zero-order valence-electron chi connectivity index (χ0n) is 17.7. The molecule has 0 radical (unpaired) electrons. The molecule has 2 aromatic rings. The number of nitrogens with zero attached hydrogens (tertiary/aromatic N) is 4. The molecule has 0 bridgehead atoms. The summed E-state index contributed by atoms with van der Waals surface area (Å²) < 4.78 is 7.13. The van der Waals surface area contributed by atoms with Crippen molar-refractivity contribution in [1.82, 2.24) is 20.2 Å². The van der Waals surface area contributed by atoms with Crippen molar-refractivity contribution in [1.29, 1.82) is 5.26 Å². The normalized spacial score (nSPS) is 14.1. The van der Waals surface area contributed by atoms with Crippen molar-refractivity contribution in [3.05, 3.63) is 35.2 Å². The van der Waals surface area contributed by atoms with E-state index in [1.54, 1.807) is 13.8 Å². The quantitative estimate of drug-likeness (QED) is 0.501. The number of thioether (sulfide) groups is 1. The van der Waals surface area contributed by atoms with E-state index in [4.69, 9.17) is 10.6 Å². The number of nitrogens with two attached hydrogens (primary N) is 1. The number of aromatic nitrogens is 3. The van der Waals surface area contributed by atoms with E-state index in [-0.39, 0.29) is 18.4 Å². The first-order valence-corrected chi connectivity index (χ1v) is 10.2. The van der Waals surface area contributed by atoms with Gasteiger partial charge < -0.3 is 15.9 Å². The molecule has 0 unspecified atom stereocenters. The van der Waals surface area contributed by atoms with Gasteiger partial charge in [0, 0.05) is 0 Å². The minimum atomic E-state index is -0.937. The molecule has 1 heterocycles. The lowest BCUT2D eigenvalue weighted by Crippen LogP contribution is -2.51. The second-order valence-electron chi connectivity index (χ2n) is 7.54. The van der Waals surface area contributed by atoms with E-state index >= 15 is 0 Å². The van der Waals surface area contributed by atoms with Crippen LogP contribution in [0.4, 0.5) is 0 Å². The number of nitrogens with one attached hydrogen (secondary N) is 1. The van der Waals surface area contributed by atoms with Gasteiger partial charge >= 0.3 is 0 Å². The predicted molar refractivity (Wildman–Crippen MR) is 113 cm³/mol. The van der Waals surface area contributed by atoms with Crippen LogP contribution in [-0.2, 0) is 11.4 Å². The van der Waals surface area contributed by atoms with Crippen molar-refractivity contribution < 1.29 is 9.53 Å². The van der Waals surface area contributed by atoms with Crippen LogP contribution in [0.1, 0.15) is 44.6 Å². The molecule has 1 amide bonds. The van der Waals surface area contributed by atoms with Crippen molar-refractivity contribution in [3.63, 3.8) is 0 Å². The number of nitriles is 1. The van der Waals surface area contributed by atoms with Gasteiger partial charge in [0.15, 0.2) is 5.82 Å². The molecule has 29 heavy (non-hydrogen) atoms. The predicted octanol–water partition coefficient (Wildman–Crippen LogP) is 2.72. The van der Waals surface area contributed by atoms with E-state index in [1.165, 1.54) is 16.4 Å². The molecule has 1 aromatic heterocycles. The third kappa shape index (κ3) is 5.41. The monoisotopic (exact) mass is 416 g/mol. The van der Waals surface area contributed by atoms with Gasteiger partial charge in [0.05, 0.1) is 11.3 Å². The molecule has 0 aliphatic carbocycles. The van der Waals surface area contributed by atoms with Gasteiger partial charge in [-0.25, -0.2) is 4.68 Å². The van der Waals surface area contributed by atoms with Crippen LogP contribution < -0.4 is 15.9 Å². The molecule has 9 heteroatoms. The van der Waals surface area contributed by atoms with Crippen LogP contribution in [0, 0.1) is 31.1 Å². The number of carbonyl (C=O) groups is 1. The fourth-order valence-corrected chi connectivity index (χ4v) is 3.25. The lowest BCUT2D eigenvalue weighted by atomic mass is 9.90. The lowest BCUT2D eigenvalue weighted by Gasteiger charge is -2.28. The molecule has 0 saturated heterocycles. The Morgan fingerprint density at radius 1 is 1.38 bits per heavy atom. The first kappa shape index (κ1) is 22.6. The molecule has 8 nitrogen and oxygen atoms in total. The SMILES string of the molecule is Cc1ccc(OCc2nnc(S[C@H](C)C(=O)N[C@@](C)(C#N)C(C)C)n2N)c(C)c1. The Hall–Kier alpha value is -2.73. The molecule has 3 N–H and O–H groups in total. The van der Waals surface area contributed by atoms with Gasteiger partial charge in [0.25, 0.3) is 0 Å². The summed E-state index contributed by atoms with van der Waals surface area (Å²) in [5.74, 6) is 7.00. The second-order valence-corrected chi connectivity index (χ2v) is 8.85. The zero-order chi connectivity index (χ0) is 21.8. The summed E-state index contributed by atoms with van der Waals surface area (Å²) in [5, 5.41) is 20.2. The highest BCUT2D eigenvalue weighted by molar-refractivity contribution is 8.00. The van der Waals surface area contributed by atoms with E-state index in [9.17, 15) is 10.1 Å². The Morgan fingerprint density at radius 2 is 2.07 bits per heavy atom. The number of hydrogen-bond acceptors (Lipinski definition) is 7. The molecular formula is C20H28N6O2S. The standard InChI is InChI=1S/C20H28N6O2S/c1-12(2)20(6,11-21)23-18(27)15(5)29-19-25-24-17(26(19)22)10-28-16-8-7-13(3)9-14(16)4/h7-9,12,15H,10,22H2,1-6H3,(H,23,27)/t15-,20+/m1/s1. The highest BCUT2D eigenvalue weighted by Crippen LogP contribution is 2.24. The summed E-state index contributed by atoms with van der Waals surface area (Å²) in [6.07, 6.45) is 0. The topological polar surface area (TPSA) is 119 Å². The van der Waals surface area contributed by atoms with Gasteiger partial charge in [-0.1, -0.05) is 43.3 Å². The molecule has 0 spiro atoms. The smallest absolute Gasteiger partial charge is 0.234 e. The van der Waals surface area contributed by atoms with Crippen LogP contribution in [0.2, 0.25) is 0 Å². The Kier molecular flexibility index (Phi) is 7.14. The maximum atomic E-state index is 12.5. The molecule has 0 aliphatic heterocycles. The number of ether oxygens (including phenoxy) is 1. The van der Waals surface area contributed by atoms with Crippen LogP contribution in [0.3, 0.4) is 0 Å². The lowest BCUT2D eigenvalue weighted by molar-refractivity contribution is -0.121. The average molecular weight is 417 g/mol. The van der Waals surface area contributed by atoms with Gasteiger partial charge in [-0.3, -0.25) is 4.79 Å². The van der Waals surface area contributed by atoms with Crippen molar-refractivity contribution in [2.45, 2.75) is 64.1 Å². The van der Waals surface area contributed by atoms with Gasteiger partial charge in [-0.15, -0.1) is 10.2 Å². The Bertz CT molecular complexity index is 920. The molecule has 0 saturated carbocycles. The number of hydrogen-bond donors (Lipinski definition) is 2. The summed E-state index contributed by atoms with van der Waals surface area (Å²) in [4.78, 5) is 12.5. The van der Waals surface area contributed by atoms with E-state index in [2.05, 4.69) is 21.6 Å². The third-order valence-corrected chi connectivity index (χ3v) is 5.90. The summed E-state index contributed by atoms with van der Waals surface area (Å²) in [7, 11) is 0. The maximum Gasteiger partial charge on any atom is 0.234 e. The Morgan fingerprint density at radius 3 is 2.66 bits per heavy atom. The summed E-state index contributed by atoms with van der Waals surface area (Å²) >= 11 is 1.18. The van der Waals surface area contributed by atoms with E-state index in [0.29, 0.717) is 11.0 Å². The van der Waals surface area contributed by atoms with E-state index < -0.39 is 10.8 Å². The zero-order valence-corrected chi connectivity index (χ0v) is 18.5. The average Bonchev–Trinajstić information content (AvgIpc) is 3.00. The van der Waals surface area contributed by atoms with Crippen molar-refractivity contribution in [2.24, 2.45) is 5.92 Å². The highest BCUT2D eigenvalue weighted by Gasteiger charge is 2.32. The first-order valence-electron chi connectivity index (χ1n) is 9.36. The number of benzene rings is 1.